The third-order valence-electron chi connectivity index (χ3n) is 3.79. The number of amides is 1. The molecule has 1 saturated heterocycles. The fourth-order valence-corrected chi connectivity index (χ4v) is 3.56. The van der Waals surface area contributed by atoms with Crippen molar-refractivity contribution in [3.8, 4) is 5.75 Å². The van der Waals surface area contributed by atoms with Gasteiger partial charge in [-0.1, -0.05) is 11.6 Å². The molecule has 1 amide bonds. The lowest BCUT2D eigenvalue weighted by molar-refractivity contribution is 0.0751. The smallest absolute Gasteiger partial charge is 0.264 e. The Balaban J connectivity index is 1.61. The van der Waals surface area contributed by atoms with Crippen molar-refractivity contribution in [2.24, 2.45) is 0 Å². The number of methoxy groups -OCH3 is 1. The van der Waals surface area contributed by atoms with Gasteiger partial charge in [0.25, 0.3) is 5.91 Å². The second kappa shape index (κ2) is 6.58. The van der Waals surface area contributed by atoms with Crippen LogP contribution in [0.3, 0.4) is 0 Å². The van der Waals surface area contributed by atoms with Gasteiger partial charge in [-0.05, 0) is 36.4 Å². The van der Waals surface area contributed by atoms with Crippen molar-refractivity contribution in [1.29, 1.82) is 0 Å². The molecule has 1 aromatic carbocycles. The lowest BCUT2D eigenvalue weighted by Gasteiger charge is -2.36. The molecule has 0 bridgehead atoms. The van der Waals surface area contributed by atoms with Crippen LogP contribution >= 0.6 is 22.9 Å². The highest BCUT2D eigenvalue weighted by Crippen LogP contribution is 2.24. The van der Waals surface area contributed by atoms with Gasteiger partial charge in [-0.3, -0.25) is 4.79 Å². The van der Waals surface area contributed by atoms with Gasteiger partial charge in [0.1, 0.15) is 5.75 Å². The van der Waals surface area contributed by atoms with Gasteiger partial charge in [0.15, 0.2) is 0 Å². The van der Waals surface area contributed by atoms with Gasteiger partial charge in [-0.15, -0.1) is 11.3 Å². The monoisotopic (exact) mass is 336 g/mol. The second-order valence-corrected chi connectivity index (χ2v) is 6.80. The van der Waals surface area contributed by atoms with Gasteiger partial charge >= 0.3 is 0 Å². The maximum Gasteiger partial charge on any atom is 0.264 e. The lowest BCUT2D eigenvalue weighted by Crippen LogP contribution is -2.48. The molecule has 0 atom stereocenters. The Morgan fingerprint density at radius 3 is 2.32 bits per heavy atom. The van der Waals surface area contributed by atoms with Crippen molar-refractivity contribution in [2.45, 2.75) is 0 Å². The molecule has 3 rings (SSSR count). The first kappa shape index (κ1) is 15.2. The number of carbonyl (C=O) groups excluding carboxylic acids is 1. The number of ether oxygens (including phenoxy) is 1. The predicted octanol–water partition coefficient (Wildman–Crippen LogP) is 3.37. The number of halogens is 1. The van der Waals surface area contributed by atoms with E-state index in [1.165, 1.54) is 11.3 Å². The first-order chi connectivity index (χ1) is 10.7. The Labute approximate surface area is 138 Å². The summed E-state index contributed by atoms with van der Waals surface area (Å²) in [6.07, 6.45) is 0. The van der Waals surface area contributed by atoms with Crippen molar-refractivity contribution in [2.75, 3.05) is 38.2 Å². The van der Waals surface area contributed by atoms with Gasteiger partial charge in [-0.2, -0.15) is 0 Å². The first-order valence-electron chi connectivity index (χ1n) is 7.11. The number of benzene rings is 1. The average molecular weight is 337 g/mol. The predicted molar refractivity (Wildman–Crippen MR) is 90.4 cm³/mol. The van der Waals surface area contributed by atoms with E-state index in [1.807, 2.05) is 17.0 Å². The van der Waals surface area contributed by atoms with E-state index in [1.54, 1.807) is 19.2 Å². The minimum atomic E-state index is 0.0753. The zero-order valence-corrected chi connectivity index (χ0v) is 13.9. The molecule has 0 aliphatic carbocycles. The minimum absolute atomic E-state index is 0.0753. The van der Waals surface area contributed by atoms with Gasteiger partial charge in [0, 0.05) is 31.9 Å². The van der Waals surface area contributed by atoms with Gasteiger partial charge in [0.05, 0.1) is 16.3 Å². The van der Waals surface area contributed by atoms with Crippen LogP contribution in [-0.4, -0.2) is 44.1 Å². The topological polar surface area (TPSA) is 32.8 Å². The van der Waals surface area contributed by atoms with Crippen LogP contribution in [0.1, 0.15) is 9.67 Å². The maximum atomic E-state index is 12.4. The van der Waals surface area contributed by atoms with E-state index in [9.17, 15) is 4.79 Å². The highest BCUT2D eigenvalue weighted by atomic mass is 35.5. The Kier molecular flexibility index (Phi) is 4.55. The van der Waals surface area contributed by atoms with E-state index in [2.05, 4.69) is 17.0 Å². The molecule has 1 aliphatic heterocycles. The number of piperazine rings is 1. The van der Waals surface area contributed by atoms with E-state index in [0.717, 1.165) is 37.6 Å². The summed E-state index contributed by atoms with van der Waals surface area (Å²) in [6.45, 7) is 3.11. The number of hydrogen-bond acceptors (Lipinski definition) is 4. The minimum Gasteiger partial charge on any atom is -0.497 e. The number of anilines is 1. The summed E-state index contributed by atoms with van der Waals surface area (Å²) in [5.74, 6) is 0.929. The Bertz CT molecular complexity index is 648. The van der Waals surface area contributed by atoms with E-state index >= 15 is 0 Å². The summed E-state index contributed by atoms with van der Waals surface area (Å²) in [7, 11) is 1.66. The van der Waals surface area contributed by atoms with Crippen LogP contribution in [0, 0.1) is 0 Å². The summed E-state index contributed by atoms with van der Waals surface area (Å²) in [4.78, 5) is 17.3. The SMILES string of the molecule is COc1ccc(N2CCN(C(=O)c3ccc(Cl)s3)CC2)cc1. The van der Waals surface area contributed by atoms with Crippen LogP contribution in [0.5, 0.6) is 5.75 Å². The molecular weight excluding hydrogens is 320 g/mol. The summed E-state index contributed by atoms with van der Waals surface area (Å²) in [6, 6.07) is 11.6. The molecule has 22 heavy (non-hydrogen) atoms. The highest BCUT2D eigenvalue weighted by Gasteiger charge is 2.23. The van der Waals surface area contributed by atoms with E-state index in [0.29, 0.717) is 9.21 Å². The normalized spacial score (nSPS) is 15.0. The van der Waals surface area contributed by atoms with Gasteiger partial charge in [-0.25, -0.2) is 0 Å². The standard InChI is InChI=1S/C16H17ClN2O2S/c1-21-13-4-2-12(3-5-13)18-8-10-19(11-9-18)16(20)14-6-7-15(17)22-14/h2-7H,8-11H2,1H3. The largest absolute Gasteiger partial charge is 0.497 e. The summed E-state index contributed by atoms with van der Waals surface area (Å²) in [5.41, 5.74) is 1.16. The number of rotatable bonds is 3. The van der Waals surface area contributed by atoms with Crippen LogP contribution in [0.4, 0.5) is 5.69 Å². The molecule has 6 heteroatoms. The van der Waals surface area contributed by atoms with Gasteiger partial charge < -0.3 is 14.5 Å². The van der Waals surface area contributed by atoms with E-state index in [-0.39, 0.29) is 5.91 Å². The number of nitrogens with zero attached hydrogens (tertiary/aromatic N) is 2. The number of hydrogen-bond donors (Lipinski definition) is 0. The molecular formula is C16H17ClN2O2S. The van der Waals surface area contributed by atoms with Crippen molar-refractivity contribution >= 4 is 34.5 Å². The summed E-state index contributed by atoms with van der Waals surface area (Å²) in [5, 5.41) is 0. The van der Waals surface area contributed by atoms with Crippen LogP contribution in [0.2, 0.25) is 4.34 Å². The molecule has 4 nitrogen and oxygen atoms in total. The number of carbonyl (C=O) groups is 1. The molecule has 1 fully saturated rings. The first-order valence-corrected chi connectivity index (χ1v) is 8.30. The van der Waals surface area contributed by atoms with Crippen molar-refractivity contribution in [3.05, 3.63) is 45.6 Å². The second-order valence-electron chi connectivity index (χ2n) is 5.08. The van der Waals surface area contributed by atoms with Gasteiger partial charge in [0.2, 0.25) is 0 Å². The zero-order chi connectivity index (χ0) is 15.5. The van der Waals surface area contributed by atoms with Crippen molar-refractivity contribution in [3.63, 3.8) is 0 Å². The third kappa shape index (κ3) is 3.20. The lowest BCUT2D eigenvalue weighted by atomic mass is 10.2. The molecule has 0 unspecified atom stereocenters. The van der Waals surface area contributed by atoms with Crippen molar-refractivity contribution in [1.82, 2.24) is 4.90 Å². The maximum absolute atomic E-state index is 12.4. The Hall–Kier alpha value is -1.72. The van der Waals surface area contributed by atoms with E-state index < -0.39 is 0 Å². The molecule has 0 saturated carbocycles. The fourth-order valence-electron chi connectivity index (χ4n) is 2.55. The Morgan fingerprint density at radius 2 is 1.77 bits per heavy atom. The zero-order valence-electron chi connectivity index (χ0n) is 12.3. The molecule has 2 heterocycles. The summed E-state index contributed by atoms with van der Waals surface area (Å²) >= 11 is 7.24. The molecule has 116 valence electrons. The quantitative estimate of drug-likeness (QED) is 0.861. The summed E-state index contributed by atoms with van der Waals surface area (Å²) < 4.78 is 5.83. The molecule has 0 spiro atoms. The third-order valence-corrected chi connectivity index (χ3v) is 5.01. The molecule has 0 N–H and O–H groups in total. The Morgan fingerprint density at radius 1 is 1.09 bits per heavy atom. The van der Waals surface area contributed by atoms with Crippen LogP contribution in [-0.2, 0) is 0 Å². The molecule has 2 aromatic rings. The van der Waals surface area contributed by atoms with Crippen LogP contribution < -0.4 is 9.64 Å². The molecule has 0 radical (unpaired) electrons. The van der Waals surface area contributed by atoms with Crippen LogP contribution in [0.15, 0.2) is 36.4 Å². The van der Waals surface area contributed by atoms with E-state index in [4.69, 9.17) is 16.3 Å². The fraction of sp³-hybridized carbons (Fsp3) is 0.312. The highest BCUT2D eigenvalue weighted by molar-refractivity contribution is 7.17. The molecule has 1 aromatic heterocycles. The van der Waals surface area contributed by atoms with Crippen molar-refractivity contribution < 1.29 is 9.53 Å². The molecule has 1 aliphatic rings. The number of thiophene rings is 1. The van der Waals surface area contributed by atoms with Crippen LogP contribution in [0.25, 0.3) is 0 Å². The average Bonchev–Trinajstić information content (AvgIpc) is 3.01.